The van der Waals surface area contributed by atoms with Crippen LogP contribution in [-0.4, -0.2) is 36.2 Å². The quantitative estimate of drug-likeness (QED) is 0.533. The third kappa shape index (κ3) is 2.55. The molecule has 5 rings (SSSR count). The lowest BCUT2D eigenvalue weighted by Crippen LogP contribution is -2.50. The molecule has 8 heteroatoms. The Balaban J connectivity index is 1.62. The van der Waals surface area contributed by atoms with Crippen molar-refractivity contribution in [2.24, 2.45) is 35.5 Å². The summed E-state index contributed by atoms with van der Waals surface area (Å²) in [6.45, 7) is 0. The van der Waals surface area contributed by atoms with E-state index >= 15 is 0 Å². The Kier molecular flexibility index (Phi) is 4.58. The lowest BCUT2D eigenvalue weighted by atomic mass is 9.59. The standard InChI is InChI=1S/C24H18N2O6/c27-11-15-17-18(22(30)25(21(17)29)13-7-3-1-4-8-13)16(12-28)20-19(15)23(31)26(24(20)32)14-9-5-2-6-10-14/h1-12,15-20H. The average molecular weight is 430 g/mol. The molecule has 0 aromatic heterocycles. The molecule has 0 spiro atoms. The molecule has 4 amide bonds. The summed E-state index contributed by atoms with van der Waals surface area (Å²) in [7, 11) is 0. The van der Waals surface area contributed by atoms with Crippen LogP contribution >= 0.6 is 0 Å². The van der Waals surface area contributed by atoms with Crippen LogP contribution in [0.1, 0.15) is 0 Å². The molecule has 3 aliphatic rings. The molecule has 160 valence electrons. The molecule has 0 bridgehead atoms. The van der Waals surface area contributed by atoms with Gasteiger partial charge in [0.15, 0.2) is 0 Å². The van der Waals surface area contributed by atoms with Gasteiger partial charge in [0.25, 0.3) is 0 Å². The minimum Gasteiger partial charge on any atom is -0.303 e. The molecular weight excluding hydrogens is 412 g/mol. The number of carbonyl (C=O) groups is 6. The van der Waals surface area contributed by atoms with Gasteiger partial charge in [0.05, 0.1) is 35.0 Å². The summed E-state index contributed by atoms with van der Waals surface area (Å²) >= 11 is 0. The summed E-state index contributed by atoms with van der Waals surface area (Å²) in [5.74, 6) is -9.60. The first-order chi connectivity index (χ1) is 15.5. The molecule has 1 aliphatic carbocycles. The lowest BCUT2D eigenvalue weighted by Gasteiger charge is -2.37. The minimum atomic E-state index is -1.18. The molecule has 1 saturated carbocycles. The van der Waals surface area contributed by atoms with E-state index in [9.17, 15) is 28.8 Å². The van der Waals surface area contributed by atoms with E-state index in [4.69, 9.17) is 0 Å². The van der Waals surface area contributed by atoms with E-state index in [2.05, 4.69) is 0 Å². The maximum atomic E-state index is 13.3. The monoisotopic (exact) mass is 430 g/mol. The van der Waals surface area contributed by atoms with Gasteiger partial charge in [-0.25, -0.2) is 0 Å². The van der Waals surface area contributed by atoms with E-state index in [1.54, 1.807) is 60.7 Å². The van der Waals surface area contributed by atoms with Crippen LogP contribution < -0.4 is 9.80 Å². The fourth-order valence-corrected chi connectivity index (χ4v) is 5.49. The number of hydrogen-bond acceptors (Lipinski definition) is 6. The Hall–Kier alpha value is -3.94. The second-order valence-corrected chi connectivity index (χ2v) is 8.22. The molecule has 2 aromatic carbocycles. The zero-order valence-electron chi connectivity index (χ0n) is 16.7. The van der Waals surface area contributed by atoms with Crippen LogP contribution in [0.4, 0.5) is 11.4 Å². The highest BCUT2D eigenvalue weighted by Gasteiger charge is 2.68. The van der Waals surface area contributed by atoms with Crippen LogP contribution in [-0.2, 0) is 28.8 Å². The van der Waals surface area contributed by atoms with Crippen molar-refractivity contribution < 1.29 is 28.8 Å². The number of aldehydes is 2. The third-order valence-electron chi connectivity index (χ3n) is 6.80. The molecule has 32 heavy (non-hydrogen) atoms. The summed E-state index contributed by atoms with van der Waals surface area (Å²) in [6, 6.07) is 16.4. The fraction of sp³-hybridized carbons (Fsp3) is 0.250. The average Bonchev–Trinajstić information content (AvgIpc) is 3.23. The lowest BCUT2D eigenvalue weighted by molar-refractivity contribution is -0.146. The van der Waals surface area contributed by atoms with Gasteiger partial charge in [0, 0.05) is 11.8 Å². The summed E-state index contributed by atoms with van der Waals surface area (Å²) in [5.41, 5.74) is 0.639. The number of hydrogen-bond donors (Lipinski definition) is 0. The van der Waals surface area contributed by atoms with Crippen LogP contribution in [0, 0.1) is 35.5 Å². The smallest absolute Gasteiger partial charge is 0.238 e. The highest BCUT2D eigenvalue weighted by Crippen LogP contribution is 2.53. The molecule has 0 radical (unpaired) electrons. The van der Waals surface area contributed by atoms with Gasteiger partial charge >= 0.3 is 0 Å². The number of benzene rings is 2. The summed E-state index contributed by atoms with van der Waals surface area (Å²) < 4.78 is 0. The van der Waals surface area contributed by atoms with E-state index in [1.165, 1.54) is 0 Å². The van der Waals surface area contributed by atoms with Crippen molar-refractivity contribution >= 4 is 47.6 Å². The zero-order chi connectivity index (χ0) is 22.6. The largest absolute Gasteiger partial charge is 0.303 e. The van der Waals surface area contributed by atoms with Crippen molar-refractivity contribution in [2.45, 2.75) is 0 Å². The number of para-hydroxylation sites is 2. The maximum absolute atomic E-state index is 13.3. The van der Waals surface area contributed by atoms with Gasteiger partial charge in [-0.05, 0) is 24.3 Å². The number of fused-ring (bicyclic) bond motifs is 2. The topological polar surface area (TPSA) is 109 Å². The van der Waals surface area contributed by atoms with Crippen LogP contribution in [0.2, 0.25) is 0 Å². The van der Waals surface area contributed by atoms with Crippen LogP contribution in [0.25, 0.3) is 0 Å². The first kappa shape index (κ1) is 20.0. The Labute approximate surface area is 182 Å². The van der Waals surface area contributed by atoms with Gasteiger partial charge in [-0.15, -0.1) is 0 Å². The molecule has 4 atom stereocenters. The van der Waals surface area contributed by atoms with Crippen molar-refractivity contribution in [2.75, 3.05) is 9.80 Å². The third-order valence-corrected chi connectivity index (χ3v) is 6.80. The van der Waals surface area contributed by atoms with Gasteiger partial charge in [-0.1, -0.05) is 36.4 Å². The van der Waals surface area contributed by atoms with Crippen molar-refractivity contribution in [1.82, 2.24) is 0 Å². The van der Waals surface area contributed by atoms with Crippen molar-refractivity contribution in [3.8, 4) is 0 Å². The van der Waals surface area contributed by atoms with Gasteiger partial charge in [0.2, 0.25) is 23.6 Å². The van der Waals surface area contributed by atoms with Crippen LogP contribution in [0.3, 0.4) is 0 Å². The van der Waals surface area contributed by atoms with E-state index in [0.29, 0.717) is 23.9 Å². The Morgan fingerprint density at radius 1 is 0.500 bits per heavy atom. The van der Waals surface area contributed by atoms with E-state index in [-0.39, 0.29) is 0 Å². The normalized spacial score (nSPS) is 31.5. The first-order valence-electron chi connectivity index (χ1n) is 10.3. The zero-order valence-corrected chi connectivity index (χ0v) is 16.7. The van der Waals surface area contributed by atoms with E-state index in [1.807, 2.05) is 0 Å². The van der Waals surface area contributed by atoms with Gasteiger partial charge < -0.3 is 9.59 Å². The molecular formula is C24H18N2O6. The maximum Gasteiger partial charge on any atom is 0.238 e. The molecule has 0 N–H and O–H groups in total. The number of amides is 4. The number of nitrogens with zero attached hydrogens (tertiary/aromatic N) is 2. The second-order valence-electron chi connectivity index (χ2n) is 8.22. The highest BCUT2D eigenvalue weighted by atomic mass is 16.2. The van der Waals surface area contributed by atoms with E-state index in [0.717, 1.165) is 9.80 Å². The summed E-state index contributed by atoms with van der Waals surface area (Å²) in [5, 5.41) is 0. The van der Waals surface area contributed by atoms with Crippen LogP contribution in [0.5, 0.6) is 0 Å². The predicted octanol–water partition coefficient (Wildman–Crippen LogP) is 1.24. The number of carbonyl (C=O) groups excluding carboxylic acids is 6. The number of imide groups is 2. The summed E-state index contributed by atoms with van der Waals surface area (Å²) in [6.07, 6.45) is 0.964. The predicted molar refractivity (Wildman–Crippen MR) is 111 cm³/mol. The van der Waals surface area contributed by atoms with Gasteiger partial charge in [-0.3, -0.25) is 29.0 Å². The molecule has 3 fully saturated rings. The fourth-order valence-electron chi connectivity index (χ4n) is 5.49. The highest BCUT2D eigenvalue weighted by molar-refractivity contribution is 6.27. The van der Waals surface area contributed by atoms with Crippen molar-refractivity contribution in [1.29, 1.82) is 0 Å². The van der Waals surface area contributed by atoms with Crippen LogP contribution in [0.15, 0.2) is 60.7 Å². The van der Waals surface area contributed by atoms with E-state index < -0.39 is 59.1 Å². The van der Waals surface area contributed by atoms with Gasteiger partial charge in [0.1, 0.15) is 12.6 Å². The summed E-state index contributed by atoms with van der Waals surface area (Å²) in [4.78, 5) is 79.6. The van der Waals surface area contributed by atoms with Crippen molar-refractivity contribution in [3.05, 3.63) is 60.7 Å². The number of rotatable bonds is 4. The van der Waals surface area contributed by atoms with Crippen molar-refractivity contribution in [3.63, 3.8) is 0 Å². The minimum absolute atomic E-state index is 0.319. The molecule has 8 nitrogen and oxygen atoms in total. The Morgan fingerprint density at radius 3 is 1.03 bits per heavy atom. The SMILES string of the molecule is O=CC1C2C(=O)N(c3ccccc3)C(=O)C2C(C=O)C2C(=O)N(c3ccccc3)C(=O)C12. The molecule has 4 unspecified atom stereocenters. The second kappa shape index (κ2) is 7.33. The number of anilines is 2. The Bertz CT molecular complexity index is 1010. The molecule has 2 heterocycles. The molecule has 2 saturated heterocycles. The molecule has 2 aliphatic heterocycles. The van der Waals surface area contributed by atoms with Gasteiger partial charge in [-0.2, -0.15) is 0 Å². The molecule has 2 aromatic rings. The Morgan fingerprint density at radius 2 is 0.781 bits per heavy atom. The first-order valence-corrected chi connectivity index (χ1v) is 10.3.